The number of hydrogen-bond acceptors (Lipinski definition) is 6. The Labute approximate surface area is 157 Å². The van der Waals surface area contributed by atoms with Crippen molar-refractivity contribution in [3.63, 3.8) is 0 Å². The second kappa shape index (κ2) is 7.63. The van der Waals surface area contributed by atoms with Crippen LogP contribution in [0.3, 0.4) is 0 Å². The number of hydrogen-bond donors (Lipinski definition) is 1. The van der Waals surface area contributed by atoms with Crippen LogP contribution in [0.25, 0.3) is 0 Å². The van der Waals surface area contributed by atoms with E-state index in [9.17, 15) is 19.7 Å². The summed E-state index contributed by atoms with van der Waals surface area (Å²) in [5, 5.41) is 18.2. The van der Waals surface area contributed by atoms with E-state index in [4.69, 9.17) is 0 Å². The smallest absolute Gasteiger partial charge is 0.312 e. The van der Waals surface area contributed by atoms with E-state index in [1.54, 1.807) is 18.7 Å². The molecule has 148 valence electrons. The first-order valence-corrected chi connectivity index (χ1v) is 9.28. The molecule has 0 bridgehead atoms. The van der Waals surface area contributed by atoms with E-state index in [2.05, 4.69) is 15.3 Å². The molecule has 2 fully saturated rings. The van der Waals surface area contributed by atoms with Crippen molar-refractivity contribution in [2.75, 3.05) is 26.2 Å². The summed E-state index contributed by atoms with van der Waals surface area (Å²) >= 11 is 0. The summed E-state index contributed by atoms with van der Waals surface area (Å²) in [7, 11) is 0. The molecule has 0 radical (unpaired) electrons. The predicted molar refractivity (Wildman–Crippen MR) is 97.1 cm³/mol. The van der Waals surface area contributed by atoms with Crippen molar-refractivity contribution in [1.29, 1.82) is 0 Å². The predicted octanol–water partition coefficient (Wildman–Crippen LogP) is 0.219. The molecule has 1 aliphatic carbocycles. The molecule has 1 atom stereocenters. The number of amides is 2. The molecule has 2 amide bonds. The summed E-state index contributed by atoms with van der Waals surface area (Å²) < 4.78 is 1.40. The van der Waals surface area contributed by atoms with Crippen LogP contribution in [0.15, 0.2) is 0 Å². The van der Waals surface area contributed by atoms with Crippen molar-refractivity contribution in [2.45, 2.75) is 52.2 Å². The second-order valence-corrected chi connectivity index (χ2v) is 7.31. The second-order valence-electron chi connectivity index (χ2n) is 7.31. The van der Waals surface area contributed by atoms with Crippen LogP contribution in [0, 0.1) is 24.0 Å². The first-order valence-electron chi connectivity index (χ1n) is 9.28. The summed E-state index contributed by atoms with van der Waals surface area (Å²) in [6, 6.07) is 0.133. The van der Waals surface area contributed by atoms with Crippen molar-refractivity contribution >= 4 is 17.5 Å². The Morgan fingerprint density at radius 2 is 1.89 bits per heavy atom. The molecule has 0 spiro atoms. The number of nitro groups is 1. The number of piperazine rings is 1. The van der Waals surface area contributed by atoms with Gasteiger partial charge in [-0.1, -0.05) is 0 Å². The van der Waals surface area contributed by atoms with Crippen LogP contribution in [-0.2, 0) is 16.1 Å². The molecule has 1 unspecified atom stereocenters. The van der Waals surface area contributed by atoms with Crippen molar-refractivity contribution in [1.82, 2.24) is 24.9 Å². The van der Waals surface area contributed by atoms with Crippen LogP contribution in [0.5, 0.6) is 0 Å². The molecule has 3 rings (SSSR count). The zero-order valence-electron chi connectivity index (χ0n) is 16.0. The highest BCUT2D eigenvalue weighted by molar-refractivity contribution is 5.82. The Morgan fingerprint density at radius 3 is 2.41 bits per heavy atom. The van der Waals surface area contributed by atoms with E-state index < -0.39 is 4.92 Å². The topological polar surface area (TPSA) is 114 Å². The maximum absolute atomic E-state index is 12.6. The molecule has 1 saturated carbocycles. The van der Waals surface area contributed by atoms with E-state index in [1.807, 2.05) is 6.92 Å². The Kier molecular flexibility index (Phi) is 5.45. The number of aryl methyl sites for hydroxylation is 1. The van der Waals surface area contributed by atoms with Crippen LogP contribution in [0.4, 0.5) is 5.69 Å². The first kappa shape index (κ1) is 19.3. The van der Waals surface area contributed by atoms with Crippen molar-refractivity contribution in [3.8, 4) is 0 Å². The number of nitrogens with zero attached hydrogens (tertiary/aromatic N) is 5. The van der Waals surface area contributed by atoms with Gasteiger partial charge >= 0.3 is 5.69 Å². The fourth-order valence-corrected chi connectivity index (χ4v) is 3.41. The zero-order valence-corrected chi connectivity index (χ0v) is 16.0. The lowest BCUT2D eigenvalue weighted by atomic mass is 10.2. The summed E-state index contributed by atoms with van der Waals surface area (Å²) in [5.41, 5.74) is 0.656. The average molecular weight is 378 g/mol. The minimum Gasteiger partial charge on any atom is -0.352 e. The highest BCUT2D eigenvalue weighted by Crippen LogP contribution is 2.22. The van der Waals surface area contributed by atoms with Gasteiger partial charge in [-0.25, -0.2) is 0 Å². The van der Waals surface area contributed by atoms with E-state index in [-0.39, 0.29) is 30.1 Å². The normalized spacial score (nSPS) is 19.0. The highest BCUT2D eigenvalue weighted by atomic mass is 16.6. The van der Waals surface area contributed by atoms with E-state index in [0.717, 1.165) is 12.8 Å². The molecular weight excluding hydrogens is 352 g/mol. The zero-order chi connectivity index (χ0) is 19.7. The fraction of sp³-hybridized carbons (Fsp3) is 0.706. The van der Waals surface area contributed by atoms with Crippen LogP contribution < -0.4 is 5.32 Å². The molecule has 27 heavy (non-hydrogen) atoms. The summed E-state index contributed by atoms with van der Waals surface area (Å²) in [4.78, 5) is 39.2. The summed E-state index contributed by atoms with van der Waals surface area (Å²) in [5.74, 6) is -0.0718. The van der Waals surface area contributed by atoms with Crippen LogP contribution in [0.2, 0.25) is 0 Å². The summed E-state index contributed by atoms with van der Waals surface area (Å²) in [6.07, 6.45) is 2.12. The van der Waals surface area contributed by atoms with Crippen molar-refractivity contribution in [2.24, 2.45) is 0 Å². The quantitative estimate of drug-likeness (QED) is 0.559. The largest absolute Gasteiger partial charge is 0.352 e. The highest BCUT2D eigenvalue weighted by Gasteiger charge is 2.31. The minimum atomic E-state index is -0.467. The Balaban J connectivity index is 1.53. The monoisotopic (exact) mass is 378 g/mol. The summed E-state index contributed by atoms with van der Waals surface area (Å²) in [6.45, 7) is 7.36. The van der Waals surface area contributed by atoms with Gasteiger partial charge in [-0.3, -0.25) is 29.3 Å². The van der Waals surface area contributed by atoms with E-state index in [1.165, 1.54) is 4.68 Å². The van der Waals surface area contributed by atoms with Gasteiger partial charge in [-0.15, -0.1) is 0 Å². The molecule has 10 nitrogen and oxygen atoms in total. The molecule has 2 heterocycles. The van der Waals surface area contributed by atoms with Crippen LogP contribution in [-0.4, -0.2) is 74.6 Å². The third-order valence-electron chi connectivity index (χ3n) is 5.33. The van der Waals surface area contributed by atoms with Crippen LogP contribution >= 0.6 is 0 Å². The molecular formula is C17H26N6O4. The number of aromatic nitrogens is 2. The van der Waals surface area contributed by atoms with Gasteiger partial charge in [0.15, 0.2) is 0 Å². The molecule has 1 N–H and O–H groups in total. The first-order chi connectivity index (χ1) is 12.8. The number of carbonyl (C=O) groups excluding carboxylic acids is 2. The molecule has 0 aromatic carbocycles. The van der Waals surface area contributed by atoms with Gasteiger partial charge in [-0.2, -0.15) is 5.10 Å². The Bertz CT molecular complexity index is 749. The van der Waals surface area contributed by atoms with Gasteiger partial charge in [0, 0.05) is 32.2 Å². The lowest BCUT2D eigenvalue weighted by Crippen LogP contribution is -2.55. The lowest BCUT2D eigenvalue weighted by molar-refractivity contribution is -0.386. The van der Waals surface area contributed by atoms with Gasteiger partial charge in [0.05, 0.1) is 11.0 Å². The van der Waals surface area contributed by atoms with Gasteiger partial charge in [0.1, 0.15) is 17.9 Å². The number of nitrogens with one attached hydrogen (secondary N) is 1. The van der Waals surface area contributed by atoms with Gasteiger partial charge in [0.25, 0.3) is 0 Å². The molecule has 1 aliphatic heterocycles. The standard InChI is InChI=1S/C17H26N6O4/c1-11-16(23(26)27)12(2)22(19-11)10-15(24)21-8-6-20(7-9-21)13(3)17(25)18-14-4-5-14/h13-14H,4-10H2,1-3H3,(H,18,25). The van der Waals surface area contributed by atoms with Gasteiger partial charge in [-0.05, 0) is 33.6 Å². The SMILES string of the molecule is Cc1nn(CC(=O)N2CCN(C(C)C(=O)NC3CC3)CC2)c(C)c1[N+](=O)[O-]. The van der Waals surface area contributed by atoms with E-state index >= 15 is 0 Å². The van der Waals surface area contributed by atoms with Gasteiger partial charge < -0.3 is 10.2 Å². The molecule has 1 saturated heterocycles. The third-order valence-corrected chi connectivity index (χ3v) is 5.33. The molecule has 1 aromatic heterocycles. The maximum atomic E-state index is 12.6. The third kappa shape index (κ3) is 4.26. The van der Waals surface area contributed by atoms with E-state index in [0.29, 0.717) is 43.6 Å². The minimum absolute atomic E-state index is 0.0156. The number of carbonyl (C=O) groups is 2. The molecule has 2 aliphatic rings. The Hall–Kier alpha value is -2.49. The Morgan fingerprint density at radius 1 is 1.26 bits per heavy atom. The average Bonchev–Trinajstić information content (AvgIpc) is 3.39. The lowest BCUT2D eigenvalue weighted by Gasteiger charge is -2.37. The van der Waals surface area contributed by atoms with Gasteiger partial charge in [0.2, 0.25) is 11.8 Å². The van der Waals surface area contributed by atoms with Crippen LogP contribution in [0.1, 0.15) is 31.2 Å². The van der Waals surface area contributed by atoms with Crippen molar-refractivity contribution in [3.05, 3.63) is 21.5 Å². The molecule has 10 heteroatoms. The fourth-order valence-electron chi connectivity index (χ4n) is 3.41. The van der Waals surface area contributed by atoms with Crippen molar-refractivity contribution < 1.29 is 14.5 Å². The number of rotatable bonds is 6. The molecule has 1 aromatic rings. The maximum Gasteiger partial charge on any atom is 0.312 e.